The van der Waals surface area contributed by atoms with Gasteiger partial charge in [-0.25, -0.2) is 9.97 Å². The molecule has 1 amide bonds. The molecule has 31 heavy (non-hydrogen) atoms. The monoisotopic (exact) mass is 450 g/mol. The fourth-order valence-corrected chi connectivity index (χ4v) is 4.86. The Morgan fingerprint density at radius 3 is 2.71 bits per heavy atom. The summed E-state index contributed by atoms with van der Waals surface area (Å²) in [6, 6.07) is 10.5. The van der Waals surface area contributed by atoms with Gasteiger partial charge in [0.1, 0.15) is 5.01 Å². The van der Waals surface area contributed by atoms with Gasteiger partial charge < -0.3 is 0 Å². The SMILES string of the molecule is CC(=O)N(c1nc(/C=C/c2nc3ccc([N+](=O)[O-])cc3s2)cs1)c1cccc(C)c1C. The first kappa shape index (κ1) is 20.8. The number of hydrogen-bond donors (Lipinski definition) is 0. The van der Waals surface area contributed by atoms with Crippen LogP contribution < -0.4 is 4.90 Å². The molecule has 156 valence electrons. The van der Waals surface area contributed by atoms with Crippen LogP contribution in [0, 0.1) is 24.0 Å². The molecule has 0 spiro atoms. The molecule has 7 nitrogen and oxygen atoms in total. The van der Waals surface area contributed by atoms with Crippen LogP contribution in [-0.2, 0) is 4.79 Å². The molecule has 2 aromatic carbocycles. The van der Waals surface area contributed by atoms with E-state index in [0.717, 1.165) is 26.5 Å². The first-order valence-electron chi connectivity index (χ1n) is 9.39. The predicted molar refractivity (Wildman–Crippen MR) is 126 cm³/mol. The highest BCUT2D eigenvalue weighted by Gasteiger charge is 2.20. The zero-order valence-electron chi connectivity index (χ0n) is 17.0. The molecule has 0 aliphatic carbocycles. The van der Waals surface area contributed by atoms with Crippen molar-refractivity contribution in [1.29, 1.82) is 0 Å². The Bertz CT molecular complexity index is 1340. The van der Waals surface area contributed by atoms with Crippen molar-refractivity contribution in [3.8, 4) is 0 Å². The third-order valence-electron chi connectivity index (χ3n) is 4.83. The number of aryl methyl sites for hydroxylation is 1. The van der Waals surface area contributed by atoms with Gasteiger partial charge in [0.05, 0.1) is 26.5 Å². The summed E-state index contributed by atoms with van der Waals surface area (Å²) in [6.07, 6.45) is 3.65. The van der Waals surface area contributed by atoms with Crippen LogP contribution in [0.15, 0.2) is 41.8 Å². The predicted octanol–water partition coefficient (Wildman–Crippen LogP) is 6.13. The molecule has 0 aliphatic rings. The Kier molecular flexibility index (Phi) is 5.62. The Morgan fingerprint density at radius 1 is 1.16 bits per heavy atom. The van der Waals surface area contributed by atoms with Crippen LogP contribution in [0.25, 0.3) is 22.4 Å². The number of non-ortho nitro benzene ring substituents is 1. The summed E-state index contributed by atoms with van der Waals surface area (Å²) >= 11 is 2.77. The Labute approximate surface area is 186 Å². The second kappa shape index (κ2) is 8.37. The number of fused-ring (bicyclic) bond motifs is 1. The van der Waals surface area contributed by atoms with E-state index in [1.165, 1.54) is 41.7 Å². The highest BCUT2D eigenvalue weighted by molar-refractivity contribution is 7.19. The fraction of sp³-hybridized carbons (Fsp3) is 0.136. The molecule has 0 atom stereocenters. The standard InChI is InChI=1S/C22H18N4O3S2/c1-13-5-4-6-19(14(13)2)25(15(3)27)22-23-16(12-30-22)7-10-21-24-18-9-8-17(26(28)29)11-20(18)31-21/h4-12H,1-3H3/b10-7+. The molecule has 9 heteroatoms. The minimum Gasteiger partial charge on any atom is -0.274 e. The maximum atomic E-state index is 12.4. The lowest BCUT2D eigenvalue weighted by Gasteiger charge is -2.21. The van der Waals surface area contributed by atoms with Crippen molar-refractivity contribution < 1.29 is 9.72 Å². The van der Waals surface area contributed by atoms with E-state index in [1.807, 2.05) is 49.6 Å². The molecular formula is C22H18N4O3S2. The molecule has 0 saturated heterocycles. The van der Waals surface area contributed by atoms with Gasteiger partial charge in [-0.15, -0.1) is 22.7 Å². The van der Waals surface area contributed by atoms with E-state index >= 15 is 0 Å². The number of rotatable bonds is 5. The number of nitro groups is 1. The van der Waals surface area contributed by atoms with E-state index in [0.29, 0.717) is 16.3 Å². The van der Waals surface area contributed by atoms with Gasteiger partial charge in [0, 0.05) is 24.4 Å². The van der Waals surface area contributed by atoms with Gasteiger partial charge in [-0.2, -0.15) is 0 Å². The van der Waals surface area contributed by atoms with E-state index in [4.69, 9.17) is 0 Å². The second-order valence-electron chi connectivity index (χ2n) is 6.92. The second-order valence-corrected chi connectivity index (χ2v) is 8.82. The number of carbonyl (C=O) groups excluding carboxylic acids is 1. The molecule has 0 bridgehead atoms. The number of thiazole rings is 2. The van der Waals surface area contributed by atoms with Crippen molar-refractivity contribution >= 4 is 67.5 Å². The van der Waals surface area contributed by atoms with Crippen LogP contribution in [0.4, 0.5) is 16.5 Å². The van der Waals surface area contributed by atoms with Crippen molar-refractivity contribution in [1.82, 2.24) is 9.97 Å². The van der Waals surface area contributed by atoms with Gasteiger partial charge in [-0.3, -0.25) is 19.8 Å². The minimum absolute atomic E-state index is 0.0478. The highest BCUT2D eigenvalue weighted by Crippen LogP contribution is 2.33. The fourth-order valence-electron chi connectivity index (χ4n) is 3.11. The number of hydrogen-bond acceptors (Lipinski definition) is 7. The van der Waals surface area contributed by atoms with Crippen LogP contribution >= 0.6 is 22.7 Å². The van der Waals surface area contributed by atoms with Crippen LogP contribution in [0.3, 0.4) is 0 Å². The van der Waals surface area contributed by atoms with Gasteiger partial charge in [0.15, 0.2) is 5.13 Å². The number of nitro benzene ring substituents is 1. The summed E-state index contributed by atoms with van der Waals surface area (Å²) in [4.78, 5) is 33.6. The molecular weight excluding hydrogens is 432 g/mol. The van der Waals surface area contributed by atoms with Gasteiger partial charge in [-0.05, 0) is 49.3 Å². The summed E-state index contributed by atoms with van der Waals surface area (Å²) in [6.45, 7) is 5.53. The molecule has 2 aromatic heterocycles. The quantitative estimate of drug-likeness (QED) is 0.269. The topological polar surface area (TPSA) is 89.2 Å². The number of amides is 1. The van der Waals surface area contributed by atoms with Crippen molar-refractivity contribution in [3.05, 3.63) is 73.7 Å². The number of aromatic nitrogens is 2. The molecule has 0 unspecified atom stereocenters. The van der Waals surface area contributed by atoms with Crippen LogP contribution in [-0.4, -0.2) is 20.8 Å². The summed E-state index contributed by atoms with van der Waals surface area (Å²) in [5, 5.41) is 14.2. The molecule has 0 aliphatic heterocycles. The third kappa shape index (κ3) is 4.23. The number of benzene rings is 2. The van der Waals surface area contributed by atoms with Gasteiger partial charge >= 0.3 is 0 Å². The zero-order valence-corrected chi connectivity index (χ0v) is 18.7. The Morgan fingerprint density at radius 2 is 1.97 bits per heavy atom. The number of nitrogens with zero attached hydrogens (tertiary/aromatic N) is 4. The van der Waals surface area contributed by atoms with E-state index < -0.39 is 4.92 Å². The summed E-state index contributed by atoms with van der Waals surface area (Å²) in [7, 11) is 0. The zero-order chi connectivity index (χ0) is 22.1. The lowest BCUT2D eigenvalue weighted by Crippen LogP contribution is -2.23. The molecule has 2 heterocycles. The summed E-state index contributed by atoms with van der Waals surface area (Å²) in [5.41, 5.74) is 4.44. The van der Waals surface area contributed by atoms with Crippen molar-refractivity contribution in [2.45, 2.75) is 20.8 Å². The lowest BCUT2D eigenvalue weighted by atomic mass is 10.1. The van der Waals surface area contributed by atoms with Crippen molar-refractivity contribution in [3.63, 3.8) is 0 Å². The van der Waals surface area contributed by atoms with Gasteiger partial charge in [0.25, 0.3) is 5.69 Å². The molecule has 0 N–H and O–H groups in total. The Hall–Kier alpha value is -3.43. The van der Waals surface area contributed by atoms with Crippen LogP contribution in [0.5, 0.6) is 0 Å². The summed E-state index contributed by atoms with van der Waals surface area (Å²) in [5.74, 6) is -0.105. The number of anilines is 2. The maximum Gasteiger partial charge on any atom is 0.270 e. The lowest BCUT2D eigenvalue weighted by molar-refractivity contribution is -0.384. The first-order chi connectivity index (χ1) is 14.8. The third-order valence-corrected chi connectivity index (χ3v) is 6.66. The minimum atomic E-state index is -0.414. The van der Waals surface area contributed by atoms with E-state index in [9.17, 15) is 14.9 Å². The highest BCUT2D eigenvalue weighted by atomic mass is 32.1. The molecule has 4 rings (SSSR count). The average molecular weight is 451 g/mol. The van der Waals surface area contributed by atoms with Crippen LogP contribution in [0.2, 0.25) is 0 Å². The van der Waals surface area contributed by atoms with E-state index in [2.05, 4.69) is 9.97 Å². The van der Waals surface area contributed by atoms with Crippen molar-refractivity contribution in [2.24, 2.45) is 0 Å². The van der Waals surface area contributed by atoms with Crippen LogP contribution in [0.1, 0.15) is 28.8 Å². The molecule has 0 saturated carbocycles. The summed E-state index contributed by atoms with van der Waals surface area (Å²) < 4.78 is 0.755. The smallest absolute Gasteiger partial charge is 0.270 e. The van der Waals surface area contributed by atoms with E-state index in [-0.39, 0.29) is 11.6 Å². The van der Waals surface area contributed by atoms with Gasteiger partial charge in [0.2, 0.25) is 5.91 Å². The maximum absolute atomic E-state index is 12.4. The first-order valence-corrected chi connectivity index (χ1v) is 11.1. The molecule has 0 fully saturated rings. The van der Waals surface area contributed by atoms with E-state index in [1.54, 1.807) is 11.0 Å². The average Bonchev–Trinajstić information content (AvgIpc) is 3.35. The van der Waals surface area contributed by atoms with Crippen molar-refractivity contribution in [2.75, 3.05) is 4.90 Å². The van der Waals surface area contributed by atoms with Gasteiger partial charge in [-0.1, -0.05) is 12.1 Å². The normalized spacial score (nSPS) is 11.3. The largest absolute Gasteiger partial charge is 0.274 e. The molecule has 4 aromatic rings. The molecule has 0 radical (unpaired) electrons. The Balaban J connectivity index is 1.61. The number of carbonyl (C=O) groups is 1.